The number of fused-ring (bicyclic) bond motifs is 1. The smallest absolute Gasteiger partial charge is 0.306 e. The van der Waals surface area contributed by atoms with E-state index in [2.05, 4.69) is 33.9 Å². The molecule has 7 nitrogen and oxygen atoms in total. The highest BCUT2D eigenvalue weighted by Crippen LogP contribution is 2.48. The van der Waals surface area contributed by atoms with Gasteiger partial charge in [-0.3, -0.25) is 14.4 Å². The third kappa shape index (κ3) is 6.52. The van der Waals surface area contributed by atoms with E-state index in [1.165, 1.54) is 6.92 Å². The van der Waals surface area contributed by atoms with Crippen molar-refractivity contribution >= 4 is 26.0 Å². The summed E-state index contributed by atoms with van der Waals surface area (Å²) in [5, 5.41) is 11.7. The van der Waals surface area contributed by atoms with Crippen LogP contribution in [0.1, 0.15) is 81.1 Å². The Morgan fingerprint density at radius 2 is 1.83 bits per heavy atom. The van der Waals surface area contributed by atoms with Gasteiger partial charge in [-0.1, -0.05) is 33.8 Å². The van der Waals surface area contributed by atoms with Gasteiger partial charge < -0.3 is 19.0 Å². The summed E-state index contributed by atoms with van der Waals surface area (Å²) in [6.07, 6.45) is 2.15. The van der Waals surface area contributed by atoms with Gasteiger partial charge in [0.05, 0.1) is 6.61 Å². The number of aliphatic hydroxyl groups is 1. The number of allylic oxidation sites excluding steroid dienone is 2. The minimum absolute atomic E-state index is 0.0161. The maximum atomic E-state index is 12.7. The van der Waals surface area contributed by atoms with E-state index in [0.717, 1.165) is 5.57 Å². The molecule has 0 aliphatic heterocycles. The average molecular weight is 509 g/mol. The number of hydrogen-bond donors (Lipinski definition) is 1. The lowest BCUT2D eigenvalue weighted by Gasteiger charge is -2.40. The predicted octanol–water partition coefficient (Wildman–Crippen LogP) is 5.03. The molecule has 0 aromatic heterocycles. The molecule has 0 saturated heterocycles. The lowest BCUT2D eigenvalue weighted by Crippen LogP contribution is -2.48. The van der Waals surface area contributed by atoms with Crippen LogP contribution in [0.15, 0.2) is 22.8 Å². The standard InChI is InChI=1S/C27H44O7Si/c1-11-12-24(30)33-23-15-27(8,34-18(3)28)20-14-22(29)17(2)19(20)13-21(23)26(7,31)16-32-35(9,10)25(4,5)6/h13,20,23,31H,11-12,14-16H2,1-10H3/t20?,23-,26+,27+/m0/s1. The Bertz CT molecular complexity index is 922. The number of hydrogen-bond acceptors (Lipinski definition) is 7. The van der Waals surface area contributed by atoms with Crippen molar-refractivity contribution in [1.82, 2.24) is 0 Å². The number of Topliss-reactive ketones (excluding diaryl/α,β-unsaturated/α-hetero) is 1. The molecule has 0 heterocycles. The zero-order valence-electron chi connectivity index (χ0n) is 23.2. The largest absolute Gasteiger partial charge is 0.459 e. The second-order valence-corrected chi connectivity index (χ2v) is 16.8. The number of carbonyl (C=O) groups is 3. The highest BCUT2D eigenvalue weighted by atomic mass is 28.4. The van der Waals surface area contributed by atoms with Gasteiger partial charge in [0.2, 0.25) is 0 Å². The summed E-state index contributed by atoms with van der Waals surface area (Å²) in [4.78, 5) is 37.4. The van der Waals surface area contributed by atoms with E-state index in [9.17, 15) is 19.5 Å². The molecule has 0 bridgehead atoms. The van der Waals surface area contributed by atoms with Crippen LogP contribution in [-0.2, 0) is 28.3 Å². The fraction of sp³-hybridized carbons (Fsp3) is 0.741. The molecular weight excluding hydrogens is 464 g/mol. The Morgan fingerprint density at radius 3 is 2.34 bits per heavy atom. The Labute approximate surface area is 211 Å². The van der Waals surface area contributed by atoms with Crippen LogP contribution in [0.25, 0.3) is 0 Å². The normalized spacial score (nSPS) is 27.1. The van der Waals surface area contributed by atoms with E-state index in [4.69, 9.17) is 13.9 Å². The van der Waals surface area contributed by atoms with Crippen molar-refractivity contribution in [3.05, 3.63) is 22.8 Å². The van der Waals surface area contributed by atoms with Crippen molar-refractivity contribution in [3.63, 3.8) is 0 Å². The summed E-state index contributed by atoms with van der Waals surface area (Å²) in [6, 6.07) is 0. The van der Waals surface area contributed by atoms with Gasteiger partial charge in [-0.05, 0) is 56.5 Å². The van der Waals surface area contributed by atoms with Gasteiger partial charge in [0.1, 0.15) is 17.3 Å². The quantitative estimate of drug-likeness (QED) is 0.363. The molecule has 8 heteroatoms. The van der Waals surface area contributed by atoms with Gasteiger partial charge in [-0.2, -0.15) is 0 Å². The average Bonchev–Trinajstić information content (AvgIpc) is 2.91. The van der Waals surface area contributed by atoms with Crippen LogP contribution >= 0.6 is 0 Å². The topological polar surface area (TPSA) is 99.1 Å². The minimum atomic E-state index is -2.19. The first-order chi connectivity index (χ1) is 15.8. The fourth-order valence-corrected chi connectivity index (χ4v) is 5.67. The van der Waals surface area contributed by atoms with Crippen molar-refractivity contribution in [2.24, 2.45) is 5.92 Å². The SMILES string of the molecule is CCCC(=O)O[C@H]1C[C@@](C)(OC(C)=O)C2CC(=O)C(C)=C2C=C1[C@](C)(O)CO[Si](C)(C)C(C)(C)C. The lowest BCUT2D eigenvalue weighted by atomic mass is 9.81. The van der Waals surface area contributed by atoms with Crippen LogP contribution < -0.4 is 0 Å². The number of carbonyl (C=O) groups excluding carboxylic acids is 3. The Balaban J connectivity index is 2.60. The van der Waals surface area contributed by atoms with Crippen LogP contribution in [0.2, 0.25) is 18.1 Å². The molecule has 2 aliphatic rings. The highest BCUT2D eigenvalue weighted by molar-refractivity contribution is 6.74. The first kappa shape index (κ1) is 29.5. The molecule has 0 radical (unpaired) electrons. The molecule has 0 saturated carbocycles. The molecule has 0 amide bonds. The summed E-state index contributed by atoms with van der Waals surface area (Å²) >= 11 is 0. The lowest BCUT2D eigenvalue weighted by molar-refractivity contribution is -0.167. The molecule has 35 heavy (non-hydrogen) atoms. The molecular formula is C27H44O7Si. The molecule has 0 aromatic carbocycles. The summed E-state index contributed by atoms with van der Waals surface area (Å²) in [5.41, 5.74) is -0.800. The van der Waals surface area contributed by atoms with E-state index >= 15 is 0 Å². The van der Waals surface area contributed by atoms with Crippen molar-refractivity contribution in [2.45, 2.75) is 117 Å². The van der Waals surface area contributed by atoms with Crippen LogP contribution in [0, 0.1) is 5.92 Å². The maximum absolute atomic E-state index is 12.7. The monoisotopic (exact) mass is 508 g/mol. The second-order valence-electron chi connectivity index (χ2n) is 12.0. The summed E-state index contributed by atoms with van der Waals surface area (Å²) in [5.74, 6) is -1.26. The molecule has 4 atom stereocenters. The molecule has 0 spiro atoms. The van der Waals surface area contributed by atoms with Crippen LogP contribution in [0.3, 0.4) is 0 Å². The van der Waals surface area contributed by atoms with Crippen LogP contribution in [0.4, 0.5) is 0 Å². The molecule has 1 N–H and O–H groups in total. The van der Waals surface area contributed by atoms with Gasteiger partial charge in [-0.25, -0.2) is 0 Å². The number of ketones is 1. The summed E-state index contributed by atoms with van der Waals surface area (Å²) in [7, 11) is -2.19. The molecule has 2 aliphatic carbocycles. The first-order valence-corrected chi connectivity index (χ1v) is 15.5. The van der Waals surface area contributed by atoms with Crippen LogP contribution in [0.5, 0.6) is 0 Å². The van der Waals surface area contributed by atoms with Gasteiger partial charge in [0.15, 0.2) is 14.1 Å². The Hall–Kier alpha value is -1.77. The molecule has 198 valence electrons. The van der Waals surface area contributed by atoms with E-state index in [0.29, 0.717) is 17.6 Å². The van der Waals surface area contributed by atoms with E-state index in [-0.39, 0.29) is 48.6 Å². The van der Waals surface area contributed by atoms with Gasteiger partial charge in [-0.15, -0.1) is 0 Å². The molecule has 0 fully saturated rings. The van der Waals surface area contributed by atoms with Gasteiger partial charge in [0.25, 0.3) is 0 Å². The zero-order valence-corrected chi connectivity index (χ0v) is 24.2. The van der Waals surface area contributed by atoms with E-state index in [1.807, 2.05) is 6.92 Å². The maximum Gasteiger partial charge on any atom is 0.306 e. The second kappa shape index (κ2) is 10.3. The molecule has 2 rings (SSSR count). The van der Waals surface area contributed by atoms with Gasteiger partial charge >= 0.3 is 11.9 Å². The van der Waals surface area contributed by atoms with Crippen LogP contribution in [-0.4, -0.2) is 55.1 Å². The number of rotatable bonds is 8. The summed E-state index contributed by atoms with van der Waals surface area (Å²) < 4.78 is 18.1. The fourth-order valence-electron chi connectivity index (χ4n) is 4.60. The third-order valence-corrected chi connectivity index (χ3v) is 12.3. The minimum Gasteiger partial charge on any atom is -0.459 e. The third-order valence-electron chi connectivity index (χ3n) is 7.85. The molecule has 0 aromatic rings. The van der Waals surface area contributed by atoms with Crippen molar-refractivity contribution in [2.75, 3.05) is 6.61 Å². The Morgan fingerprint density at radius 1 is 1.23 bits per heavy atom. The van der Waals surface area contributed by atoms with Crippen molar-refractivity contribution < 1.29 is 33.4 Å². The number of ether oxygens (including phenoxy) is 2. The number of esters is 2. The van der Waals surface area contributed by atoms with E-state index in [1.54, 1.807) is 26.8 Å². The zero-order chi connectivity index (χ0) is 27.0. The molecule has 1 unspecified atom stereocenters. The Kier molecular flexibility index (Phi) is 8.67. The predicted molar refractivity (Wildman–Crippen MR) is 137 cm³/mol. The first-order valence-electron chi connectivity index (χ1n) is 12.6. The summed E-state index contributed by atoms with van der Waals surface area (Å²) in [6.45, 7) is 19.0. The van der Waals surface area contributed by atoms with Gasteiger partial charge in [0, 0.05) is 37.7 Å². The highest BCUT2D eigenvalue weighted by Gasteiger charge is 2.51. The van der Waals surface area contributed by atoms with E-state index < -0.39 is 31.6 Å². The van der Waals surface area contributed by atoms with Crippen molar-refractivity contribution in [3.8, 4) is 0 Å². The van der Waals surface area contributed by atoms with Crippen molar-refractivity contribution in [1.29, 1.82) is 0 Å².